The molecule has 0 saturated heterocycles. The van der Waals surface area contributed by atoms with Gasteiger partial charge in [-0.3, -0.25) is 0 Å². The quantitative estimate of drug-likeness (QED) is 0.714. The zero-order valence-corrected chi connectivity index (χ0v) is 8.41. The van der Waals surface area contributed by atoms with Gasteiger partial charge in [-0.25, -0.2) is 8.78 Å². The van der Waals surface area contributed by atoms with Crippen molar-refractivity contribution in [3.05, 3.63) is 34.9 Å². The molecule has 0 saturated carbocycles. The van der Waals surface area contributed by atoms with E-state index in [9.17, 15) is 8.78 Å². The number of fused-ring (bicyclic) bond motifs is 1. The van der Waals surface area contributed by atoms with Crippen LogP contribution in [0.2, 0.25) is 0 Å². The third-order valence-electron chi connectivity index (χ3n) is 2.54. The molecule has 0 bridgehead atoms. The van der Waals surface area contributed by atoms with Gasteiger partial charge in [0.1, 0.15) is 0 Å². The van der Waals surface area contributed by atoms with E-state index in [2.05, 4.69) is 0 Å². The van der Waals surface area contributed by atoms with Crippen molar-refractivity contribution in [2.24, 2.45) is 5.73 Å². The Labute approximate surface area is 87.7 Å². The first kappa shape index (κ1) is 11.4. The topological polar surface area (TPSA) is 26.0 Å². The molecule has 1 aromatic rings. The second-order valence-corrected chi connectivity index (χ2v) is 3.46. The summed E-state index contributed by atoms with van der Waals surface area (Å²) in [6.45, 7) is 0. The summed E-state index contributed by atoms with van der Waals surface area (Å²) in [4.78, 5) is 0. The number of rotatable bonds is 0. The standard InChI is InChI=1S/C10H11F2N.ClH/c11-8-4-6-2-1-3-10(13)7(6)5-9(8)12;/h4-5,10H,1-3,13H2;1H. The number of hydrogen-bond acceptors (Lipinski definition) is 1. The van der Waals surface area contributed by atoms with Crippen LogP contribution in [0.4, 0.5) is 8.78 Å². The van der Waals surface area contributed by atoms with Crippen LogP contribution in [0.25, 0.3) is 0 Å². The van der Waals surface area contributed by atoms with Gasteiger partial charge >= 0.3 is 0 Å². The van der Waals surface area contributed by atoms with Crippen molar-refractivity contribution in [1.29, 1.82) is 0 Å². The van der Waals surface area contributed by atoms with Crippen molar-refractivity contribution >= 4 is 12.4 Å². The average Bonchev–Trinajstić information content (AvgIpc) is 2.09. The van der Waals surface area contributed by atoms with E-state index >= 15 is 0 Å². The van der Waals surface area contributed by atoms with Crippen LogP contribution in [0.3, 0.4) is 0 Å². The van der Waals surface area contributed by atoms with Gasteiger partial charge in [-0.15, -0.1) is 12.4 Å². The molecule has 2 rings (SSSR count). The van der Waals surface area contributed by atoms with Gasteiger partial charge in [-0.05, 0) is 42.5 Å². The van der Waals surface area contributed by atoms with Gasteiger partial charge in [0.05, 0.1) is 0 Å². The molecule has 78 valence electrons. The molecule has 4 heteroatoms. The minimum atomic E-state index is -0.795. The maximum atomic E-state index is 12.8. The van der Waals surface area contributed by atoms with Crippen molar-refractivity contribution < 1.29 is 8.78 Å². The van der Waals surface area contributed by atoms with Gasteiger partial charge in [0.25, 0.3) is 0 Å². The van der Waals surface area contributed by atoms with Gasteiger partial charge < -0.3 is 5.73 Å². The molecule has 1 nitrogen and oxygen atoms in total. The molecule has 1 aromatic carbocycles. The summed E-state index contributed by atoms with van der Waals surface area (Å²) in [5.41, 5.74) is 7.40. The van der Waals surface area contributed by atoms with Crippen molar-refractivity contribution in [2.45, 2.75) is 25.3 Å². The van der Waals surface area contributed by atoms with E-state index in [0.29, 0.717) is 0 Å². The summed E-state index contributed by atoms with van der Waals surface area (Å²) >= 11 is 0. The second-order valence-electron chi connectivity index (χ2n) is 3.46. The Bertz CT molecular complexity index is 341. The molecule has 0 amide bonds. The zero-order chi connectivity index (χ0) is 9.42. The molecular formula is C10H12ClF2N. The SMILES string of the molecule is Cl.NC1CCCc2cc(F)c(F)cc21. The summed E-state index contributed by atoms with van der Waals surface area (Å²) in [5, 5.41) is 0. The normalized spacial score (nSPS) is 19.8. The van der Waals surface area contributed by atoms with E-state index in [-0.39, 0.29) is 18.4 Å². The van der Waals surface area contributed by atoms with E-state index in [0.717, 1.165) is 30.4 Å². The van der Waals surface area contributed by atoms with Crippen LogP contribution in [0.5, 0.6) is 0 Å². The fraction of sp³-hybridized carbons (Fsp3) is 0.400. The molecule has 0 radical (unpaired) electrons. The Balaban J connectivity index is 0.000000980. The molecule has 1 atom stereocenters. The molecule has 0 aliphatic heterocycles. The van der Waals surface area contributed by atoms with Crippen molar-refractivity contribution in [3.63, 3.8) is 0 Å². The van der Waals surface area contributed by atoms with Crippen LogP contribution in [0.1, 0.15) is 30.0 Å². The van der Waals surface area contributed by atoms with E-state index in [1.807, 2.05) is 0 Å². The van der Waals surface area contributed by atoms with Crippen molar-refractivity contribution in [3.8, 4) is 0 Å². The summed E-state index contributed by atoms with van der Waals surface area (Å²) in [7, 11) is 0. The molecule has 0 spiro atoms. The Morgan fingerprint density at radius 2 is 1.86 bits per heavy atom. The van der Waals surface area contributed by atoms with Crippen LogP contribution in [-0.2, 0) is 6.42 Å². The second kappa shape index (κ2) is 4.24. The number of hydrogen-bond donors (Lipinski definition) is 1. The van der Waals surface area contributed by atoms with Gasteiger partial charge in [-0.2, -0.15) is 0 Å². The molecule has 1 aliphatic carbocycles. The zero-order valence-electron chi connectivity index (χ0n) is 7.59. The first-order chi connectivity index (χ1) is 6.18. The number of halogens is 3. The average molecular weight is 220 g/mol. The van der Waals surface area contributed by atoms with Gasteiger partial charge in [0.2, 0.25) is 0 Å². The lowest BCUT2D eigenvalue weighted by Gasteiger charge is -2.22. The first-order valence-corrected chi connectivity index (χ1v) is 4.42. The molecule has 14 heavy (non-hydrogen) atoms. The Morgan fingerprint density at radius 1 is 1.21 bits per heavy atom. The van der Waals surface area contributed by atoms with Crippen molar-refractivity contribution in [1.82, 2.24) is 0 Å². The van der Waals surface area contributed by atoms with Crippen LogP contribution in [0.15, 0.2) is 12.1 Å². The maximum absolute atomic E-state index is 12.8. The summed E-state index contributed by atoms with van der Waals surface area (Å²) in [6.07, 6.45) is 2.62. The fourth-order valence-corrected chi connectivity index (χ4v) is 1.83. The van der Waals surface area contributed by atoms with Gasteiger partial charge in [-0.1, -0.05) is 0 Å². The molecule has 0 heterocycles. The fourth-order valence-electron chi connectivity index (χ4n) is 1.83. The largest absolute Gasteiger partial charge is 0.324 e. The predicted molar refractivity (Wildman–Crippen MR) is 53.5 cm³/mol. The van der Waals surface area contributed by atoms with E-state index in [1.165, 1.54) is 12.1 Å². The first-order valence-electron chi connectivity index (χ1n) is 4.42. The molecule has 1 unspecified atom stereocenters. The minimum Gasteiger partial charge on any atom is -0.324 e. The summed E-state index contributed by atoms with van der Waals surface area (Å²) in [5.74, 6) is -1.57. The van der Waals surface area contributed by atoms with Gasteiger partial charge in [0.15, 0.2) is 11.6 Å². The summed E-state index contributed by atoms with van der Waals surface area (Å²) < 4.78 is 25.7. The van der Waals surface area contributed by atoms with Crippen LogP contribution in [0, 0.1) is 11.6 Å². The summed E-state index contributed by atoms with van der Waals surface area (Å²) in [6, 6.07) is 2.37. The molecule has 2 N–H and O–H groups in total. The Kier molecular flexibility index (Phi) is 3.45. The van der Waals surface area contributed by atoms with E-state index < -0.39 is 11.6 Å². The smallest absolute Gasteiger partial charge is 0.159 e. The maximum Gasteiger partial charge on any atom is 0.159 e. The Morgan fingerprint density at radius 3 is 2.57 bits per heavy atom. The third-order valence-corrected chi connectivity index (χ3v) is 2.54. The molecule has 0 fully saturated rings. The number of benzene rings is 1. The van der Waals surface area contributed by atoms with Crippen LogP contribution in [-0.4, -0.2) is 0 Å². The molecule has 1 aliphatic rings. The monoisotopic (exact) mass is 219 g/mol. The molecular weight excluding hydrogens is 208 g/mol. The van der Waals surface area contributed by atoms with Crippen molar-refractivity contribution in [2.75, 3.05) is 0 Å². The predicted octanol–water partition coefficient (Wildman–Crippen LogP) is 2.72. The van der Waals surface area contributed by atoms with E-state index in [1.54, 1.807) is 0 Å². The third kappa shape index (κ3) is 1.88. The van der Waals surface area contributed by atoms with E-state index in [4.69, 9.17) is 5.73 Å². The lowest BCUT2D eigenvalue weighted by atomic mass is 9.88. The van der Waals surface area contributed by atoms with Crippen LogP contribution < -0.4 is 5.73 Å². The highest BCUT2D eigenvalue weighted by molar-refractivity contribution is 5.85. The minimum absolute atomic E-state index is 0. The number of nitrogens with two attached hydrogens (primary N) is 1. The van der Waals surface area contributed by atoms with Gasteiger partial charge in [0, 0.05) is 6.04 Å². The highest BCUT2D eigenvalue weighted by Crippen LogP contribution is 2.29. The molecule has 0 aromatic heterocycles. The lowest BCUT2D eigenvalue weighted by molar-refractivity contribution is 0.492. The number of aryl methyl sites for hydroxylation is 1. The van der Waals surface area contributed by atoms with Crippen LogP contribution >= 0.6 is 12.4 Å². The lowest BCUT2D eigenvalue weighted by Crippen LogP contribution is -2.18. The Hall–Kier alpha value is -0.670. The highest BCUT2D eigenvalue weighted by atomic mass is 35.5. The highest BCUT2D eigenvalue weighted by Gasteiger charge is 2.19.